The zero-order valence-electron chi connectivity index (χ0n) is 13.6. The van der Waals surface area contributed by atoms with E-state index in [4.69, 9.17) is 0 Å². The fraction of sp³-hybridized carbons (Fsp3) is 0.235. The summed E-state index contributed by atoms with van der Waals surface area (Å²) in [7, 11) is 0. The second kappa shape index (κ2) is 7.52. The molecule has 1 aromatic heterocycles. The Labute approximate surface area is 147 Å². The van der Waals surface area contributed by atoms with E-state index < -0.39 is 28.9 Å². The lowest BCUT2D eigenvalue weighted by Crippen LogP contribution is -2.46. The summed E-state index contributed by atoms with van der Waals surface area (Å²) in [5.74, 6) is -5.25. The molecule has 9 heteroatoms. The zero-order chi connectivity index (χ0) is 18.7. The van der Waals surface area contributed by atoms with Gasteiger partial charge in [-0.2, -0.15) is 0 Å². The van der Waals surface area contributed by atoms with Crippen LogP contribution in [0.1, 0.15) is 20.8 Å². The highest BCUT2D eigenvalue weighted by molar-refractivity contribution is 6.04. The number of piperazine rings is 1. The SMILES string of the molecule is O=C(Nc1cccc(C(=O)N2CCNCC2)n1)c1c(F)cc(F)cc1F. The number of amides is 2. The molecule has 2 heterocycles. The Kier molecular flexibility index (Phi) is 5.17. The number of benzene rings is 1. The lowest BCUT2D eigenvalue weighted by Gasteiger charge is -2.27. The van der Waals surface area contributed by atoms with Crippen LogP contribution >= 0.6 is 0 Å². The molecule has 0 atom stereocenters. The third-order valence-electron chi connectivity index (χ3n) is 3.85. The maximum atomic E-state index is 13.7. The zero-order valence-corrected chi connectivity index (χ0v) is 13.6. The van der Waals surface area contributed by atoms with Crippen LogP contribution in [0.4, 0.5) is 19.0 Å². The summed E-state index contributed by atoms with van der Waals surface area (Å²) in [6.07, 6.45) is 0. The number of hydrogen-bond acceptors (Lipinski definition) is 4. The van der Waals surface area contributed by atoms with E-state index in [0.29, 0.717) is 38.3 Å². The van der Waals surface area contributed by atoms with Crippen molar-refractivity contribution in [3.8, 4) is 0 Å². The maximum Gasteiger partial charge on any atom is 0.272 e. The smallest absolute Gasteiger partial charge is 0.272 e. The summed E-state index contributed by atoms with van der Waals surface area (Å²) in [6, 6.07) is 5.19. The van der Waals surface area contributed by atoms with E-state index in [1.54, 1.807) is 4.90 Å². The Morgan fingerprint density at radius 3 is 2.38 bits per heavy atom. The average molecular weight is 364 g/mol. The second-order valence-electron chi connectivity index (χ2n) is 5.65. The molecule has 6 nitrogen and oxygen atoms in total. The van der Waals surface area contributed by atoms with Crippen LogP contribution in [-0.2, 0) is 0 Å². The Balaban J connectivity index is 1.78. The molecule has 0 saturated carbocycles. The molecular formula is C17H15F3N4O2. The minimum atomic E-state index is -1.33. The molecule has 3 rings (SSSR count). The van der Waals surface area contributed by atoms with Crippen molar-refractivity contribution in [2.24, 2.45) is 0 Å². The van der Waals surface area contributed by atoms with Crippen LogP contribution in [0.25, 0.3) is 0 Å². The van der Waals surface area contributed by atoms with Gasteiger partial charge in [-0.3, -0.25) is 9.59 Å². The molecule has 1 fully saturated rings. The number of anilines is 1. The molecule has 0 unspecified atom stereocenters. The summed E-state index contributed by atoms with van der Waals surface area (Å²) in [5.41, 5.74) is -0.822. The van der Waals surface area contributed by atoms with Gasteiger partial charge in [0.15, 0.2) is 0 Å². The summed E-state index contributed by atoms with van der Waals surface area (Å²) in [5, 5.41) is 5.34. The lowest BCUT2D eigenvalue weighted by molar-refractivity contribution is 0.0729. The molecule has 0 radical (unpaired) electrons. The quantitative estimate of drug-likeness (QED) is 0.871. The van der Waals surface area contributed by atoms with Crippen molar-refractivity contribution in [1.29, 1.82) is 0 Å². The minimum absolute atomic E-state index is 0.0425. The highest BCUT2D eigenvalue weighted by atomic mass is 19.1. The fourth-order valence-electron chi connectivity index (χ4n) is 2.59. The first-order valence-electron chi connectivity index (χ1n) is 7.88. The minimum Gasteiger partial charge on any atom is -0.335 e. The molecule has 0 spiro atoms. The number of nitrogens with one attached hydrogen (secondary N) is 2. The van der Waals surface area contributed by atoms with Gasteiger partial charge in [0.25, 0.3) is 11.8 Å². The Morgan fingerprint density at radius 2 is 1.73 bits per heavy atom. The number of carbonyl (C=O) groups excluding carboxylic acids is 2. The van der Waals surface area contributed by atoms with Crippen LogP contribution in [0, 0.1) is 17.5 Å². The van der Waals surface area contributed by atoms with E-state index in [1.165, 1.54) is 18.2 Å². The van der Waals surface area contributed by atoms with Gasteiger partial charge in [0, 0.05) is 38.3 Å². The van der Waals surface area contributed by atoms with Crippen molar-refractivity contribution < 1.29 is 22.8 Å². The normalized spacial score (nSPS) is 14.2. The molecule has 1 aliphatic rings. The first kappa shape index (κ1) is 17.9. The van der Waals surface area contributed by atoms with Crippen molar-refractivity contribution in [3.63, 3.8) is 0 Å². The van der Waals surface area contributed by atoms with E-state index >= 15 is 0 Å². The number of rotatable bonds is 3. The molecule has 0 bridgehead atoms. The summed E-state index contributed by atoms with van der Waals surface area (Å²) >= 11 is 0. The monoisotopic (exact) mass is 364 g/mol. The lowest BCUT2D eigenvalue weighted by atomic mass is 10.1. The molecule has 1 saturated heterocycles. The van der Waals surface area contributed by atoms with Crippen LogP contribution in [-0.4, -0.2) is 47.9 Å². The topological polar surface area (TPSA) is 74.3 Å². The Hall–Kier alpha value is -2.94. The second-order valence-corrected chi connectivity index (χ2v) is 5.65. The molecule has 2 amide bonds. The van der Waals surface area contributed by atoms with E-state index in [2.05, 4.69) is 15.6 Å². The molecule has 2 aromatic rings. The predicted octanol–water partition coefficient (Wildman–Crippen LogP) is 1.80. The Morgan fingerprint density at radius 1 is 1.08 bits per heavy atom. The number of aromatic nitrogens is 1. The van der Waals surface area contributed by atoms with Gasteiger partial charge in [-0.05, 0) is 12.1 Å². The summed E-state index contributed by atoms with van der Waals surface area (Å²) in [6.45, 7) is 2.41. The first-order chi connectivity index (χ1) is 12.5. The molecule has 1 aliphatic heterocycles. The molecule has 1 aromatic carbocycles. The van der Waals surface area contributed by atoms with Crippen molar-refractivity contribution >= 4 is 17.6 Å². The van der Waals surface area contributed by atoms with Crippen molar-refractivity contribution in [2.45, 2.75) is 0 Å². The van der Waals surface area contributed by atoms with E-state index in [9.17, 15) is 22.8 Å². The van der Waals surface area contributed by atoms with Crippen molar-refractivity contribution in [3.05, 3.63) is 59.0 Å². The van der Waals surface area contributed by atoms with Gasteiger partial charge in [0.1, 0.15) is 34.5 Å². The van der Waals surface area contributed by atoms with Crippen LogP contribution in [0.3, 0.4) is 0 Å². The first-order valence-corrected chi connectivity index (χ1v) is 7.88. The van der Waals surface area contributed by atoms with Crippen molar-refractivity contribution in [2.75, 3.05) is 31.5 Å². The van der Waals surface area contributed by atoms with Crippen LogP contribution in [0.5, 0.6) is 0 Å². The third kappa shape index (κ3) is 3.83. The fourth-order valence-corrected chi connectivity index (χ4v) is 2.59. The van der Waals surface area contributed by atoms with Gasteiger partial charge in [0.2, 0.25) is 0 Å². The predicted molar refractivity (Wildman–Crippen MR) is 87.3 cm³/mol. The van der Waals surface area contributed by atoms with Crippen molar-refractivity contribution in [1.82, 2.24) is 15.2 Å². The van der Waals surface area contributed by atoms with Crippen LogP contribution in [0.15, 0.2) is 30.3 Å². The summed E-state index contributed by atoms with van der Waals surface area (Å²) in [4.78, 5) is 30.1. The number of nitrogens with zero attached hydrogens (tertiary/aromatic N) is 2. The number of hydrogen-bond donors (Lipinski definition) is 2. The van der Waals surface area contributed by atoms with Crippen LogP contribution < -0.4 is 10.6 Å². The summed E-state index contributed by atoms with van der Waals surface area (Å²) < 4.78 is 40.3. The highest BCUT2D eigenvalue weighted by Crippen LogP contribution is 2.17. The maximum absolute atomic E-state index is 13.7. The van der Waals surface area contributed by atoms with Gasteiger partial charge in [-0.25, -0.2) is 18.2 Å². The van der Waals surface area contributed by atoms with E-state index in [-0.39, 0.29) is 17.4 Å². The standard InChI is InChI=1S/C17H15F3N4O2/c18-10-8-11(19)15(12(20)9-10)16(25)23-14-3-1-2-13(22-14)17(26)24-6-4-21-5-7-24/h1-3,8-9,21H,4-7H2,(H,22,23,25). The molecular weight excluding hydrogens is 349 g/mol. The van der Waals surface area contributed by atoms with Crippen LogP contribution in [0.2, 0.25) is 0 Å². The van der Waals surface area contributed by atoms with Gasteiger partial charge >= 0.3 is 0 Å². The largest absolute Gasteiger partial charge is 0.335 e. The van der Waals surface area contributed by atoms with E-state index in [0.717, 1.165) is 0 Å². The third-order valence-corrected chi connectivity index (χ3v) is 3.85. The number of carbonyl (C=O) groups is 2. The molecule has 26 heavy (non-hydrogen) atoms. The average Bonchev–Trinajstić information content (AvgIpc) is 2.61. The number of halogens is 3. The van der Waals surface area contributed by atoms with Gasteiger partial charge in [0.05, 0.1) is 0 Å². The molecule has 2 N–H and O–H groups in total. The van der Waals surface area contributed by atoms with Gasteiger partial charge < -0.3 is 15.5 Å². The van der Waals surface area contributed by atoms with Gasteiger partial charge in [-0.15, -0.1) is 0 Å². The molecule has 136 valence electrons. The Bertz CT molecular complexity index is 831. The van der Waals surface area contributed by atoms with Gasteiger partial charge in [-0.1, -0.05) is 6.07 Å². The van der Waals surface area contributed by atoms with E-state index in [1.807, 2.05) is 0 Å². The number of pyridine rings is 1. The highest BCUT2D eigenvalue weighted by Gasteiger charge is 2.22. The molecule has 0 aliphatic carbocycles.